The Bertz CT molecular complexity index is 1100. The zero-order valence-corrected chi connectivity index (χ0v) is 19.4. The van der Waals surface area contributed by atoms with Crippen molar-refractivity contribution in [3.63, 3.8) is 0 Å². The minimum absolute atomic E-state index is 0.0976. The molecule has 0 fully saturated rings. The molecule has 2 unspecified atom stereocenters. The fourth-order valence-electron chi connectivity index (χ4n) is 3.39. The quantitative estimate of drug-likeness (QED) is 0.416. The summed E-state index contributed by atoms with van der Waals surface area (Å²) >= 11 is 12.1. The highest BCUT2D eigenvalue weighted by atomic mass is 35.5. The summed E-state index contributed by atoms with van der Waals surface area (Å²) in [5.74, 6) is -1.09. The zero-order chi connectivity index (χ0) is 24.1. The summed E-state index contributed by atoms with van der Waals surface area (Å²) in [5, 5.41) is 26.1. The van der Waals surface area contributed by atoms with Crippen molar-refractivity contribution in [3.8, 4) is 0 Å². The molecule has 0 saturated heterocycles. The molecule has 2 aromatic rings. The maximum atomic E-state index is 12.5. The highest BCUT2D eigenvalue weighted by Gasteiger charge is 2.27. The monoisotopic (exact) mass is 491 g/mol. The maximum Gasteiger partial charge on any atom is 0.321 e. The minimum Gasteiger partial charge on any atom is -0.480 e. The lowest BCUT2D eigenvalue weighted by Gasteiger charge is -2.25. The Labute approximate surface area is 200 Å². The molecular formula is C23H23Cl2N3O5. The predicted octanol–water partition coefficient (Wildman–Crippen LogP) is 3.87. The number of aliphatic imine (C=N–C) groups is 1. The average molecular weight is 492 g/mol. The summed E-state index contributed by atoms with van der Waals surface area (Å²) in [4.78, 5) is 28.4. The second kappa shape index (κ2) is 10.8. The summed E-state index contributed by atoms with van der Waals surface area (Å²) in [5.41, 5.74) is 2.35. The lowest BCUT2D eigenvalue weighted by molar-refractivity contribution is -0.140. The van der Waals surface area contributed by atoms with Gasteiger partial charge in [0.05, 0.1) is 21.2 Å². The van der Waals surface area contributed by atoms with Gasteiger partial charge in [-0.1, -0.05) is 41.4 Å². The maximum absolute atomic E-state index is 12.5. The number of carbonyl (C=O) groups is 2. The Morgan fingerprint density at radius 1 is 1.12 bits per heavy atom. The van der Waals surface area contributed by atoms with Gasteiger partial charge in [0.15, 0.2) is 6.73 Å². The van der Waals surface area contributed by atoms with E-state index in [4.69, 9.17) is 27.9 Å². The molecule has 1 amide bonds. The molecule has 4 N–H and O–H groups in total. The number of rotatable bonds is 8. The number of allylic oxidation sites excluding steroid dienone is 1. The molecule has 174 valence electrons. The average Bonchev–Trinajstić information content (AvgIpc) is 2.74. The summed E-state index contributed by atoms with van der Waals surface area (Å²) < 4.78 is 5.33. The Kier molecular flexibility index (Phi) is 8.10. The lowest BCUT2D eigenvalue weighted by Crippen LogP contribution is -2.47. The first-order chi connectivity index (χ1) is 15.7. The molecule has 1 aliphatic heterocycles. The van der Waals surface area contributed by atoms with Crippen LogP contribution in [0.25, 0.3) is 0 Å². The van der Waals surface area contributed by atoms with Crippen molar-refractivity contribution in [1.29, 1.82) is 0 Å². The van der Waals surface area contributed by atoms with Gasteiger partial charge >= 0.3 is 5.97 Å². The minimum atomic E-state index is -1.26. The number of carboxylic acids is 1. The zero-order valence-electron chi connectivity index (χ0n) is 17.9. The van der Waals surface area contributed by atoms with Crippen LogP contribution in [0.1, 0.15) is 29.8 Å². The number of aliphatic hydroxyl groups excluding tert-OH is 1. The third kappa shape index (κ3) is 6.11. The third-order valence-electron chi connectivity index (χ3n) is 5.12. The van der Waals surface area contributed by atoms with E-state index >= 15 is 0 Å². The number of ether oxygens (including phenoxy) is 1. The van der Waals surface area contributed by atoms with Crippen LogP contribution in [0, 0.1) is 0 Å². The van der Waals surface area contributed by atoms with Crippen molar-refractivity contribution >= 4 is 46.5 Å². The standard InChI is InChI=1S/C23H23Cl2N3O5/c1-12-19(13(2)33-11-26-12)21(29)28-18(23(31)32)10-14-6-8-15(9-7-14)27-22(30)20-16(24)4-3-5-17(20)25/h3-9,18,21,28-29H,10-11H2,1-2H3,(H,27,30)(H,31,32). The molecule has 33 heavy (non-hydrogen) atoms. The molecule has 2 atom stereocenters. The first-order valence-corrected chi connectivity index (χ1v) is 10.8. The van der Waals surface area contributed by atoms with E-state index in [0.29, 0.717) is 28.3 Å². The van der Waals surface area contributed by atoms with Gasteiger partial charge in [-0.25, -0.2) is 0 Å². The lowest BCUT2D eigenvalue weighted by atomic mass is 10.0. The Hall–Kier alpha value is -2.91. The van der Waals surface area contributed by atoms with Crippen LogP contribution < -0.4 is 10.6 Å². The van der Waals surface area contributed by atoms with Crippen LogP contribution in [0.5, 0.6) is 0 Å². The Morgan fingerprint density at radius 2 is 1.76 bits per heavy atom. The van der Waals surface area contributed by atoms with Gasteiger partial charge in [-0.2, -0.15) is 0 Å². The molecular weight excluding hydrogens is 469 g/mol. The Morgan fingerprint density at radius 3 is 2.33 bits per heavy atom. The second-order valence-corrected chi connectivity index (χ2v) is 8.21. The third-order valence-corrected chi connectivity index (χ3v) is 5.75. The summed E-state index contributed by atoms with van der Waals surface area (Å²) in [6.07, 6.45) is -1.16. The predicted molar refractivity (Wildman–Crippen MR) is 127 cm³/mol. The molecule has 0 aromatic heterocycles. The topological polar surface area (TPSA) is 120 Å². The summed E-state index contributed by atoms with van der Waals surface area (Å²) in [7, 11) is 0. The van der Waals surface area contributed by atoms with Gasteiger partial charge in [0, 0.05) is 11.4 Å². The fraction of sp³-hybridized carbons (Fsp3) is 0.261. The molecule has 10 heteroatoms. The molecule has 8 nitrogen and oxygen atoms in total. The number of benzene rings is 2. The number of carboxylic acid groups (broad SMARTS) is 1. The van der Waals surface area contributed by atoms with Crippen LogP contribution in [0.2, 0.25) is 10.0 Å². The van der Waals surface area contributed by atoms with Crippen LogP contribution in [-0.4, -0.2) is 46.8 Å². The van der Waals surface area contributed by atoms with E-state index in [1.807, 2.05) is 0 Å². The SMILES string of the molecule is CC1=NCOC(C)=C1C(O)NC(Cc1ccc(NC(=O)c2c(Cl)cccc2Cl)cc1)C(=O)O. The van der Waals surface area contributed by atoms with Crippen LogP contribution in [0.15, 0.2) is 58.8 Å². The van der Waals surface area contributed by atoms with Gasteiger partial charge < -0.3 is 20.3 Å². The molecule has 1 aliphatic rings. The molecule has 2 aromatic carbocycles. The Balaban J connectivity index is 1.67. The molecule has 0 aliphatic carbocycles. The highest BCUT2D eigenvalue weighted by Crippen LogP contribution is 2.25. The van der Waals surface area contributed by atoms with Gasteiger partial charge in [-0.15, -0.1) is 0 Å². The van der Waals surface area contributed by atoms with Crippen LogP contribution in [-0.2, 0) is 16.0 Å². The number of anilines is 1. The highest BCUT2D eigenvalue weighted by molar-refractivity contribution is 6.40. The van der Waals surface area contributed by atoms with E-state index in [1.165, 1.54) is 0 Å². The van der Waals surface area contributed by atoms with Crippen LogP contribution in [0.3, 0.4) is 0 Å². The first kappa shape index (κ1) is 24.7. The number of carbonyl (C=O) groups excluding carboxylic acids is 1. The summed E-state index contributed by atoms with van der Waals surface area (Å²) in [6, 6.07) is 10.4. The first-order valence-electron chi connectivity index (χ1n) is 10.0. The van der Waals surface area contributed by atoms with Crippen molar-refractivity contribution in [3.05, 3.63) is 75.0 Å². The molecule has 0 bridgehead atoms. The molecule has 0 saturated carbocycles. The number of hydrogen-bond donors (Lipinski definition) is 4. The largest absolute Gasteiger partial charge is 0.480 e. The number of amides is 1. The smallest absolute Gasteiger partial charge is 0.321 e. The summed E-state index contributed by atoms with van der Waals surface area (Å²) in [6.45, 7) is 3.59. The van der Waals surface area contributed by atoms with Crippen molar-refractivity contribution in [1.82, 2.24) is 5.32 Å². The molecule has 0 spiro atoms. The van der Waals surface area contributed by atoms with E-state index < -0.39 is 24.1 Å². The number of aliphatic carboxylic acids is 1. The number of nitrogens with one attached hydrogen (secondary N) is 2. The van der Waals surface area contributed by atoms with E-state index in [2.05, 4.69) is 15.6 Å². The van der Waals surface area contributed by atoms with Gasteiger partial charge in [0.1, 0.15) is 18.0 Å². The molecule has 1 heterocycles. The van der Waals surface area contributed by atoms with E-state index in [-0.39, 0.29) is 28.8 Å². The number of aliphatic hydroxyl groups is 1. The number of nitrogens with zero attached hydrogens (tertiary/aromatic N) is 1. The van der Waals surface area contributed by atoms with Gasteiger partial charge in [0.2, 0.25) is 0 Å². The fourth-order valence-corrected chi connectivity index (χ4v) is 3.96. The van der Waals surface area contributed by atoms with Crippen molar-refractivity contribution in [2.45, 2.75) is 32.5 Å². The van der Waals surface area contributed by atoms with E-state index in [9.17, 15) is 19.8 Å². The van der Waals surface area contributed by atoms with Crippen LogP contribution >= 0.6 is 23.2 Å². The molecule has 0 radical (unpaired) electrons. The van der Waals surface area contributed by atoms with Gasteiger partial charge in [0.25, 0.3) is 5.91 Å². The van der Waals surface area contributed by atoms with Gasteiger partial charge in [-0.05, 0) is 50.1 Å². The van der Waals surface area contributed by atoms with E-state index in [0.717, 1.165) is 0 Å². The molecule has 3 rings (SSSR count). The van der Waals surface area contributed by atoms with Gasteiger partial charge in [-0.3, -0.25) is 19.9 Å². The second-order valence-electron chi connectivity index (χ2n) is 7.40. The van der Waals surface area contributed by atoms with E-state index in [1.54, 1.807) is 56.3 Å². The normalized spacial score (nSPS) is 15.4. The van der Waals surface area contributed by atoms with Crippen LogP contribution in [0.4, 0.5) is 5.69 Å². The van der Waals surface area contributed by atoms with Crippen molar-refractivity contribution in [2.75, 3.05) is 12.0 Å². The van der Waals surface area contributed by atoms with Crippen molar-refractivity contribution in [2.24, 2.45) is 4.99 Å². The number of halogens is 2. The number of hydrogen-bond acceptors (Lipinski definition) is 6. The van der Waals surface area contributed by atoms with Crippen molar-refractivity contribution < 1.29 is 24.5 Å².